The van der Waals surface area contributed by atoms with Gasteiger partial charge in [-0.05, 0) is 6.92 Å². The van der Waals surface area contributed by atoms with Gasteiger partial charge in [0.15, 0.2) is 0 Å². The fourth-order valence-electron chi connectivity index (χ4n) is 2.01. The molecule has 1 aromatic heterocycles. The average molecular weight is 280 g/mol. The van der Waals surface area contributed by atoms with Gasteiger partial charge in [0.25, 0.3) is 0 Å². The lowest BCUT2D eigenvalue weighted by Crippen LogP contribution is -2.47. The van der Waals surface area contributed by atoms with E-state index in [0.717, 1.165) is 0 Å². The molecule has 1 aliphatic heterocycles. The molecular weight excluding hydrogens is 260 g/mol. The lowest BCUT2D eigenvalue weighted by atomic mass is 10.2. The molecule has 0 bridgehead atoms. The summed E-state index contributed by atoms with van der Waals surface area (Å²) in [6, 6.07) is 1.33. The summed E-state index contributed by atoms with van der Waals surface area (Å²) in [7, 11) is 1.74. The second-order valence-corrected chi connectivity index (χ2v) is 4.55. The second-order valence-electron chi connectivity index (χ2n) is 4.55. The quantitative estimate of drug-likeness (QED) is 0.699. The maximum absolute atomic E-state index is 12.3. The van der Waals surface area contributed by atoms with Crippen LogP contribution in [0.15, 0.2) is 6.07 Å². The highest BCUT2D eigenvalue weighted by molar-refractivity contribution is 5.84. The lowest BCUT2D eigenvalue weighted by Gasteiger charge is -2.29. The second kappa shape index (κ2) is 6.38. The summed E-state index contributed by atoms with van der Waals surface area (Å²) in [6.07, 6.45) is 0. The Bertz CT molecular complexity index is 475. The third kappa shape index (κ3) is 3.47. The Morgan fingerprint density at radius 3 is 2.70 bits per heavy atom. The third-order valence-corrected chi connectivity index (χ3v) is 3.06. The molecule has 1 aliphatic rings. The Morgan fingerprint density at radius 2 is 2.05 bits per heavy atom. The highest BCUT2D eigenvalue weighted by Gasteiger charge is 2.22. The van der Waals surface area contributed by atoms with E-state index in [2.05, 4.69) is 20.6 Å². The first-order valence-corrected chi connectivity index (χ1v) is 6.55. The van der Waals surface area contributed by atoms with E-state index in [1.54, 1.807) is 24.9 Å². The lowest BCUT2D eigenvalue weighted by molar-refractivity contribution is -0.135. The van der Waals surface area contributed by atoms with Crippen molar-refractivity contribution in [1.82, 2.24) is 14.9 Å². The Kier molecular flexibility index (Phi) is 4.57. The minimum atomic E-state index is -0.382. The number of nitrogens with zero attached hydrogens (tertiary/aromatic N) is 3. The highest BCUT2D eigenvalue weighted by Crippen LogP contribution is 2.13. The molecule has 1 unspecified atom stereocenters. The van der Waals surface area contributed by atoms with Crippen LogP contribution < -0.4 is 16.4 Å². The smallest absolute Gasteiger partial charge is 0.244 e. The van der Waals surface area contributed by atoms with Crippen LogP contribution in [0.25, 0.3) is 0 Å². The molecule has 1 amide bonds. The highest BCUT2D eigenvalue weighted by atomic mass is 16.5. The van der Waals surface area contributed by atoms with E-state index in [1.165, 1.54) is 0 Å². The van der Waals surface area contributed by atoms with Crippen LogP contribution >= 0.6 is 0 Å². The molecule has 1 saturated heterocycles. The van der Waals surface area contributed by atoms with Gasteiger partial charge in [-0.3, -0.25) is 4.79 Å². The van der Waals surface area contributed by atoms with Gasteiger partial charge in [0.2, 0.25) is 11.9 Å². The number of carbonyl (C=O) groups is 1. The summed E-state index contributed by atoms with van der Waals surface area (Å²) < 4.78 is 5.23. The number of carbonyl (C=O) groups excluding carboxylic acids is 1. The zero-order valence-corrected chi connectivity index (χ0v) is 11.7. The molecule has 0 aromatic carbocycles. The summed E-state index contributed by atoms with van der Waals surface area (Å²) in [4.78, 5) is 22.1. The number of nitrogens with two attached hydrogens (primary N) is 1. The molecule has 1 fully saturated rings. The summed E-state index contributed by atoms with van der Waals surface area (Å²) in [5, 5.41) is 5.94. The summed E-state index contributed by atoms with van der Waals surface area (Å²) in [5.74, 6) is 1.31. The molecule has 110 valence electrons. The van der Waals surface area contributed by atoms with Crippen molar-refractivity contribution in [3.63, 3.8) is 0 Å². The van der Waals surface area contributed by atoms with Crippen molar-refractivity contribution in [1.29, 1.82) is 0 Å². The van der Waals surface area contributed by atoms with Crippen LogP contribution in [0.3, 0.4) is 0 Å². The molecule has 0 radical (unpaired) electrons. The normalized spacial score (nSPS) is 16.6. The third-order valence-electron chi connectivity index (χ3n) is 3.06. The molecule has 4 N–H and O–H groups in total. The van der Waals surface area contributed by atoms with Crippen LogP contribution in [0.2, 0.25) is 0 Å². The predicted octanol–water partition coefficient (Wildman–Crippen LogP) is -0.240. The molecule has 0 saturated carbocycles. The zero-order chi connectivity index (χ0) is 14.5. The molecule has 1 aromatic rings. The van der Waals surface area contributed by atoms with Gasteiger partial charge in [0, 0.05) is 26.2 Å². The zero-order valence-electron chi connectivity index (χ0n) is 11.7. The van der Waals surface area contributed by atoms with Crippen LogP contribution in [-0.2, 0) is 9.53 Å². The Labute approximate surface area is 117 Å². The number of aromatic nitrogens is 2. The minimum Gasteiger partial charge on any atom is -0.378 e. The predicted molar refractivity (Wildman–Crippen MR) is 76.5 cm³/mol. The number of hydrogen-bond acceptors (Lipinski definition) is 7. The van der Waals surface area contributed by atoms with Gasteiger partial charge in [0.05, 0.1) is 13.2 Å². The fourth-order valence-corrected chi connectivity index (χ4v) is 2.01. The monoisotopic (exact) mass is 280 g/mol. The largest absolute Gasteiger partial charge is 0.378 e. The van der Waals surface area contributed by atoms with E-state index in [4.69, 9.17) is 10.5 Å². The van der Waals surface area contributed by atoms with Gasteiger partial charge < -0.3 is 26.0 Å². The van der Waals surface area contributed by atoms with E-state index in [1.807, 2.05) is 0 Å². The van der Waals surface area contributed by atoms with Crippen molar-refractivity contribution in [3.8, 4) is 0 Å². The van der Waals surface area contributed by atoms with Crippen molar-refractivity contribution >= 4 is 23.5 Å². The SMILES string of the molecule is CNc1cc(NC(C)C(=O)N2CCOCC2)nc(N)n1. The Hall–Kier alpha value is -2.09. The van der Waals surface area contributed by atoms with Crippen LogP contribution in [0.1, 0.15) is 6.92 Å². The Morgan fingerprint density at radius 1 is 1.40 bits per heavy atom. The van der Waals surface area contributed by atoms with Gasteiger partial charge >= 0.3 is 0 Å². The van der Waals surface area contributed by atoms with Gasteiger partial charge in [-0.2, -0.15) is 9.97 Å². The molecule has 2 heterocycles. The molecule has 8 nitrogen and oxygen atoms in total. The van der Waals surface area contributed by atoms with Crippen molar-refractivity contribution in [3.05, 3.63) is 6.07 Å². The molecule has 2 rings (SSSR count). The van der Waals surface area contributed by atoms with Crippen molar-refractivity contribution in [2.24, 2.45) is 0 Å². The van der Waals surface area contributed by atoms with Gasteiger partial charge in [-0.15, -0.1) is 0 Å². The maximum atomic E-state index is 12.3. The van der Waals surface area contributed by atoms with Gasteiger partial charge in [-0.1, -0.05) is 0 Å². The van der Waals surface area contributed by atoms with E-state index >= 15 is 0 Å². The number of ether oxygens (including phenoxy) is 1. The number of rotatable bonds is 4. The van der Waals surface area contributed by atoms with E-state index in [-0.39, 0.29) is 17.9 Å². The number of amides is 1. The Balaban J connectivity index is 2.01. The van der Waals surface area contributed by atoms with Crippen LogP contribution in [0.4, 0.5) is 17.6 Å². The van der Waals surface area contributed by atoms with Gasteiger partial charge in [-0.25, -0.2) is 0 Å². The molecule has 0 spiro atoms. The topological polar surface area (TPSA) is 105 Å². The number of morpholine rings is 1. The number of nitrogens with one attached hydrogen (secondary N) is 2. The standard InChI is InChI=1S/C12H20N6O2/c1-8(11(19)18-3-5-20-6-4-18)15-10-7-9(14-2)16-12(13)17-10/h7-8H,3-6H2,1-2H3,(H4,13,14,15,16,17). The molecule has 20 heavy (non-hydrogen) atoms. The number of anilines is 3. The first-order valence-electron chi connectivity index (χ1n) is 6.55. The molecular formula is C12H20N6O2. The summed E-state index contributed by atoms with van der Waals surface area (Å²) in [6.45, 7) is 4.22. The maximum Gasteiger partial charge on any atom is 0.244 e. The first-order chi connectivity index (χ1) is 9.60. The average Bonchev–Trinajstić information content (AvgIpc) is 2.46. The van der Waals surface area contributed by atoms with E-state index < -0.39 is 0 Å². The number of hydrogen-bond donors (Lipinski definition) is 3. The summed E-state index contributed by atoms with van der Waals surface area (Å²) >= 11 is 0. The van der Waals surface area contributed by atoms with E-state index in [9.17, 15) is 4.79 Å². The number of nitrogen functional groups attached to an aromatic ring is 1. The molecule has 0 aliphatic carbocycles. The fraction of sp³-hybridized carbons (Fsp3) is 0.583. The van der Waals surface area contributed by atoms with Crippen molar-refractivity contribution in [2.45, 2.75) is 13.0 Å². The first kappa shape index (κ1) is 14.3. The van der Waals surface area contributed by atoms with Crippen LogP contribution in [0, 0.1) is 0 Å². The molecule has 8 heteroatoms. The van der Waals surface area contributed by atoms with Crippen molar-refractivity contribution < 1.29 is 9.53 Å². The van der Waals surface area contributed by atoms with E-state index in [0.29, 0.717) is 37.9 Å². The van der Waals surface area contributed by atoms with Crippen molar-refractivity contribution in [2.75, 3.05) is 49.7 Å². The minimum absolute atomic E-state index is 0.0245. The summed E-state index contributed by atoms with van der Waals surface area (Å²) in [5.41, 5.74) is 5.62. The van der Waals surface area contributed by atoms with Crippen LogP contribution in [0.5, 0.6) is 0 Å². The molecule has 1 atom stereocenters. The van der Waals surface area contributed by atoms with Gasteiger partial charge in [0.1, 0.15) is 17.7 Å². The van der Waals surface area contributed by atoms with Crippen LogP contribution in [-0.4, -0.2) is 60.2 Å².